The molecule has 0 saturated carbocycles. The molecule has 9 heteroatoms. The van der Waals surface area contributed by atoms with Gasteiger partial charge in [0.1, 0.15) is 13.2 Å². The van der Waals surface area contributed by atoms with Crippen LogP contribution in [0.1, 0.15) is 213 Å². The summed E-state index contributed by atoms with van der Waals surface area (Å²) in [6.45, 7) is 4.76. The van der Waals surface area contributed by atoms with Gasteiger partial charge in [-0.3, -0.25) is 13.8 Å². The molecule has 0 aromatic heterocycles. The van der Waals surface area contributed by atoms with Crippen molar-refractivity contribution in [3.05, 3.63) is 48.6 Å². The lowest BCUT2D eigenvalue weighted by atomic mass is 10.0. The summed E-state index contributed by atoms with van der Waals surface area (Å²) in [5, 5.41) is 14.0. The van der Waals surface area contributed by atoms with Crippen LogP contribution < -0.4 is 5.32 Å². The third kappa shape index (κ3) is 44.3. The summed E-state index contributed by atoms with van der Waals surface area (Å²) in [4.78, 5) is 23.2. The van der Waals surface area contributed by atoms with Crippen LogP contribution in [-0.2, 0) is 18.4 Å². The molecule has 0 fully saturated rings. The minimum atomic E-state index is -4.33. The lowest BCUT2D eigenvalue weighted by molar-refractivity contribution is -0.870. The van der Waals surface area contributed by atoms with Gasteiger partial charge in [-0.1, -0.05) is 204 Å². The van der Waals surface area contributed by atoms with E-state index in [0.717, 1.165) is 77.0 Å². The molecule has 3 unspecified atom stereocenters. The Bertz CT molecular complexity index is 1100. The number of quaternary nitrogens is 1. The van der Waals surface area contributed by atoms with Crippen molar-refractivity contribution in [3.8, 4) is 0 Å². The fourth-order valence-corrected chi connectivity index (χ4v) is 7.71. The van der Waals surface area contributed by atoms with Crippen LogP contribution in [0.2, 0.25) is 0 Å². The van der Waals surface area contributed by atoms with Gasteiger partial charge in [0, 0.05) is 6.42 Å². The summed E-state index contributed by atoms with van der Waals surface area (Å²) in [6.07, 6.45) is 52.9. The van der Waals surface area contributed by atoms with E-state index in [4.69, 9.17) is 9.05 Å². The van der Waals surface area contributed by atoms with Crippen molar-refractivity contribution in [1.29, 1.82) is 0 Å². The van der Waals surface area contributed by atoms with Crippen molar-refractivity contribution < 1.29 is 32.9 Å². The maximum Gasteiger partial charge on any atom is 0.472 e. The number of carbonyl (C=O) groups excluding carboxylic acids is 1. The number of unbranched alkanes of at least 4 members (excludes halogenated alkanes) is 23. The number of nitrogens with one attached hydrogen (secondary N) is 1. The van der Waals surface area contributed by atoms with Gasteiger partial charge in [-0.2, -0.15) is 0 Å². The Morgan fingerprint density at radius 2 is 1.02 bits per heavy atom. The SMILES string of the molecule is CC/C=C\C/C=C\C/C=C\C/C=C\CCCCCCC(=O)NC(COP(=O)(O)OCC[N+](C)(C)C)C(O)CCCCCCCCCCCCCCCCCCCCCC. The first-order chi connectivity index (χ1) is 28.5. The van der Waals surface area contributed by atoms with Crippen molar-refractivity contribution >= 4 is 13.7 Å². The number of phosphoric ester groups is 1. The highest BCUT2D eigenvalue weighted by Gasteiger charge is 2.28. The Balaban J connectivity index is 4.33. The number of likely N-dealkylation sites (N-methyl/N-ethyl adjacent to an activating group) is 1. The summed E-state index contributed by atoms with van der Waals surface area (Å²) in [5.41, 5.74) is 0. The summed E-state index contributed by atoms with van der Waals surface area (Å²) >= 11 is 0. The number of aliphatic hydroxyl groups excluding tert-OH is 1. The molecule has 0 bridgehead atoms. The third-order valence-corrected chi connectivity index (χ3v) is 11.8. The molecular formula is C50H96N2O6P+. The maximum atomic E-state index is 12.9. The minimum absolute atomic E-state index is 0.0680. The van der Waals surface area contributed by atoms with E-state index in [1.54, 1.807) is 0 Å². The van der Waals surface area contributed by atoms with Crippen molar-refractivity contribution in [2.75, 3.05) is 40.9 Å². The Labute approximate surface area is 365 Å². The second-order valence-electron chi connectivity index (χ2n) is 17.8. The average Bonchev–Trinajstić information content (AvgIpc) is 3.19. The van der Waals surface area contributed by atoms with Gasteiger partial charge >= 0.3 is 7.82 Å². The highest BCUT2D eigenvalue weighted by atomic mass is 31.2. The number of hydrogen-bond acceptors (Lipinski definition) is 5. The second kappa shape index (κ2) is 41.8. The number of hydrogen-bond donors (Lipinski definition) is 3. The lowest BCUT2D eigenvalue weighted by Gasteiger charge is -2.26. The molecule has 0 rings (SSSR count). The first kappa shape index (κ1) is 57.5. The first-order valence-electron chi connectivity index (χ1n) is 24.5. The summed E-state index contributed by atoms with van der Waals surface area (Å²) < 4.78 is 23.7. The van der Waals surface area contributed by atoms with Crippen LogP contribution in [0.3, 0.4) is 0 Å². The molecule has 346 valence electrons. The molecule has 0 aromatic rings. The van der Waals surface area contributed by atoms with Gasteiger partial charge in [0.25, 0.3) is 0 Å². The minimum Gasteiger partial charge on any atom is -0.391 e. The van der Waals surface area contributed by atoms with Crippen molar-refractivity contribution in [3.63, 3.8) is 0 Å². The fraction of sp³-hybridized carbons (Fsp3) is 0.820. The highest BCUT2D eigenvalue weighted by molar-refractivity contribution is 7.47. The number of carbonyl (C=O) groups is 1. The van der Waals surface area contributed by atoms with Gasteiger partial charge in [-0.25, -0.2) is 4.57 Å². The van der Waals surface area contributed by atoms with E-state index in [2.05, 4.69) is 67.8 Å². The molecule has 0 aromatic carbocycles. The molecule has 0 radical (unpaired) electrons. The smallest absolute Gasteiger partial charge is 0.391 e. The molecule has 8 nitrogen and oxygen atoms in total. The molecule has 0 spiro atoms. The van der Waals surface area contributed by atoms with Gasteiger partial charge in [-0.05, 0) is 51.4 Å². The average molecular weight is 852 g/mol. The van der Waals surface area contributed by atoms with Gasteiger partial charge in [-0.15, -0.1) is 0 Å². The summed E-state index contributed by atoms with van der Waals surface area (Å²) in [5.74, 6) is -0.168. The molecule has 59 heavy (non-hydrogen) atoms. The topological polar surface area (TPSA) is 105 Å². The Morgan fingerprint density at radius 1 is 0.593 bits per heavy atom. The Hall–Kier alpha value is -1.54. The van der Waals surface area contributed by atoms with E-state index >= 15 is 0 Å². The van der Waals surface area contributed by atoms with Gasteiger partial charge in [0.2, 0.25) is 5.91 Å². The highest BCUT2D eigenvalue weighted by Crippen LogP contribution is 2.43. The molecule has 3 atom stereocenters. The molecular weight excluding hydrogens is 756 g/mol. The number of amides is 1. The van der Waals surface area contributed by atoms with Crippen LogP contribution in [-0.4, -0.2) is 73.4 Å². The van der Waals surface area contributed by atoms with Crippen LogP contribution >= 0.6 is 7.82 Å². The molecule has 0 aliphatic heterocycles. The second-order valence-corrected chi connectivity index (χ2v) is 19.3. The maximum absolute atomic E-state index is 12.9. The zero-order valence-electron chi connectivity index (χ0n) is 39.2. The number of nitrogens with zero attached hydrogens (tertiary/aromatic N) is 1. The number of allylic oxidation sites excluding steroid dienone is 8. The Morgan fingerprint density at radius 3 is 1.49 bits per heavy atom. The monoisotopic (exact) mass is 852 g/mol. The predicted molar refractivity (Wildman–Crippen MR) is 254 cm³/mol. The van der Waals surface area contributed by atoms with Gasteiger partial charge in [0.05, 0.1) is 39.9 Å². The Kier molecular flexibility index (Phi) is 40.7. The molecule has 0 saturated heterocycles. The van der Waals surface area contributed by atoms with E-state index in [1.807, 2.05) is 21.1 Å². The molecule has 3 N–H and O–H groups in total. The van der Waals surface area contributed by atoms with E-state index in [-0.39, 0.29) is 19.1 Å². The lowest BCUT2D eigenvalue weighted by Crippen LogP contribution is -2.46. The van der Waals surface area contributed by atoms with Crippen LogP contribution in [0.25, 0.3) is 0 Å². The zero-order chi connectivity index (χ0) is 43.6. The van der Waals surface area contributed by atoms with Crippen LogP contribution in [0.5, 0.6) is 0 Å². The van der Waals surface area contributed by atoms with Crippen LogP contribution in [0, 0.1) is 0 Å². The summed E-state index contributed by atoms with van der Waals surface area (Å²) in [6, 6.07) is -0.775. The molecule has 0 aliphatic rings. The number of aliphatic hydroxyl groups is 1. The van der Waals surface area contributed by atoms with Gasteiger partial charge in [0.15, 0.2) is 0 Å². The molecule has 0 heterocycles. The van der Waals surface area contributed by atoms with Crippen LogP contribution in [0.15, 0.2) is 48.6 Å². The van der Waals surface area contributed by atoms with E-state index < -0.39 is 20.0 Å². The van der Waals surface area contributed by atoms with E-state index in [0.29, 0.717) is 23.9 Å². The molecule has 0 aliphatic carbocycles. The predicted octanol–water partition coefficient (Wildman–Crippen LogP) is 14.0. The zero-order valence-corrected chi connectivity index (χ0v) is 40.1. The number of rotatable bonds is 44. The van der Waals surface area contributed by atoms with Crippen molar-refractivity contribution in [2.24, 2.45) is 0 Å². The largest absolute Gasteiger partial charge is 0.472 e. The summed E-state index contributed by atoms with van der Waals surface area (Å²) in [7, 11) is 1.59. The first-order valence-corrected chi connectivity index (χ1v) is 26.0. The molecule has 1 amide bonds. The van der Waals surface area contributed by atoms with E-state index in [1.165, 1.54) is 109 Å². The van der Waals surface area contributed by atoms with Gasteiger partial charge < -0.3 is 19.8 Å². The third-order valence-electron chi connectivity index (χ3n) is 10.8. The van der Waals surface area contributed by atoms with Crippen molar-refractivity contribution in [2.45, 2.75) is 225 Å². The normalized spacial score (nSPS) is 14.6. The van der Waals surface area contributed by atoms with E-state index in [9.17, 15) is 19.4 Å². The fourth-order valence-electron chi connectivity index (χ4n) is 6.98. The van der Waals surface area contributed by atoms with Crippen molar-refractivity contribution in [1.82, 2.24) is 5.32 Å². The quantitative estimate of drug-likeness (QED) is 0.0244. The standard InChI is InChI=1S/C50H95N2O6P/c1-6-8-10-12-14-16-18-20-22-24-25-26-28-29-31-33-35-37-39-41-43-49(53)48(47-58-59(55,56)57-46-45-52(3,4)5)51-50(54)44-42-40-38-36-34-32-30-27-23-21-19-17-15-13-11-9-7-2/h9,11,15,17,21,23,30,32,48-49,53H,6-8,10,12-14,16,18-20,22,24-29,31,33-47H2,1-5H3,(H-,51,54,55,56)/p+1/b11-9-,17-15-,23-21-,32-30-. The number of phosphoric acid groups is 1. The van der Waals surface area contributed by atoms with Crippen LogP contribution in [0.4, 0.5) is 0 Å².